The first kappa shape index (κ1) is 11.9. The van der Waals surface area contributed by atoms with Gasteiger partial charge in [-0.2, -0.15) is 0 Å². The van der Waals surface area contributed by atoms with E-state index in [1.54, 1.807) is 17.1 Å². The number of ether oxygens (including phenoxy) is 1. The lowest BCUT2D eigenvalue weighted by Gasteiger charge is -2.10. The molecule has 0 fully saturated rings. The Bertz CT molecular complexity index is 297. The minimum atomic E-state index is 0.589. The van der Waals surface area contributed by atoms with Crippen molar-refractivity contribution < 1.29 is 9.53 Å². The maximum atomic E-state index is 10.6. The van der Waals surface area contributed by atoms with E-state index in [1.165, 1.54) is 0 Å². The molecule has 0 bridgehead atoms. The van der Waals surface area contributed by atoms with Crippen LogP contribution in [-0.4, -0.2) is 54.6 Å². The molecular formula is C10H17N3O2. The van der Waals surface area contributed by atoms with Crippen LogP contribution in [0.25, 0.3) is 0 Å². The third-order valence-corrected chi connectivity index (χ3v) is 2.02. The molecule has 0 unspecified atom stereocenters. The molecule has 0 spiro atoms. The Morgan fingerprint density at radius 3 is 3.00 bits per heavy atom. The van der Waals surface area contributed by atoms with Crippen LogP contribution < -0.4 is 0 Å². The summed E-state index contributed by atoms with van der Waals surface area (Å²) < 4.78 is 7.19. The highest BCUT2D eigenvalue weighted by Gasteiger charge is 1.99. The summed E-state index contributed by atoms with van der Waals surface area (Å²) in [5.74, 6) is 0. The predicted molar refractivity (Wildman–Crippen MR) is 57.0 cm³/mol. The zero-order valence-corrected chi connectivity index (χ0v) is 9.22. The molecule has 0 atom stereocenters. The highest BCUT2D eigenvalue weighted by atomic mass is 16.5. The van der Waals surface area contributed by atoms with E-state index < -0.39 is 0 Å². The van der Waals surface area contributed by atoms with Crippen molar-refractivity contribution in [2.24, 2.45) is 0 Å². The van der Waals surface area contributed by atoms with Gasteiger partial charge in [-0.05, 0) is 14.1 Å². The predicted octanol–water partition coefficient (Wildman–Crippen LogP) is 0.274. The molecule has 5 heteroatoms. The maximum absolute atomic E-state index is 10.6. The number of hydrogen-bond donors (Lipinski definition) is 0. The van der Waals surface area contributed by atoms with Crippen molar-refractivity contribution in [1.29, 1.82) is 0 Å². The zero-order chi connectivity index (χ0) is 11.1. The van der Waals surface area contributed by atoms with Gasteiger partial charge in [0.05, 0.1) is 25.7 Å². The lowest BCUT2D eigenvalue weighted by molar-refractivity contribution is 0.107. The van der Waals surface area contributed by atoms with Crippen molar-refractivity contribution in [2.75, 3.05) is 33.9 Å². The molecular weight excluding hydrogens is 194 g/mol. The second kappa shape index (κ2) is 6.31. The van der Waals surface area contributed by atoms with Crippen LogP contribution >= 0.6 is 0 Å². The Labute approximate surface area is 89.7 Å². The molecule has 0 aromatic carbocycles. The highest BCUT2D eigenvalue weighted by Crippen LogP contribution is 1.95. The number of likely N-dealkylation sites (N-methyl/N-ethyl adjacent to an activating group) is 1. The van der Waals surface area contributed by atoms with Gasteiger partial charge in [-0.1, -0.05) is 0 Å². The molecule has 1 aromatic heterocycles. The van der Waals surface area contributed by atoms with Gasteiger partial charge in [-0.3, -0.25) is 4.79 Å². The summed E-state index contributed by atoms with van der Waals surface area (Å²) in [4.78, 5) is 16.5. The first-order chi connectivity index (χ1) is 7.24. The summed E-state index contributed by atoms with van der Waals surface area (Å²) in [6.45, 7) is 2.88. The van der Waals surface area contributed by atoms with Gasteiger partial charge in [-0.15, -0.1) is 0 Å². The van der Waals surface area contributed by atoms with Crippen LogP contribution in [0.5, 0.6) is 0 Å². The van der Waals surface area contributed by atoms with Crippen LogP contribution in [0.2, 0.25) is 0 Å². The van der Waals surface area contributed by atoms with Gasteiger partial charge in [0.25, 0.3) is 0 Å². The van der Waals surface area contributed by atoms with Crippen LogP contribution in [0.1, 0.15) is 10.5 Å². The second-order valence-corrected chi connectivity index (χ2v) is 3.55. The number of aromatic nitrogens is 2. The van der Waals surface area contributed by atoms with Gasteiger partial charge < -0.3 is 14.2 Å². The summed E-state index contributed by atoms with van der Waals surface area (Å²) in [5, 5.41) is 0. The van der Waals surface area contributed by atoms with Gasteiger partial charge >= 0.3 is 0 Å². The average molecular weight is 211 g/mol. The van der Waals surface area contributed by atoms with E-state index in [0.717, 1.165) is 12.8 Å². The Balaban J connectivity index is 2.17. The molecule has 0 aliphatic rings. The number of carbonyl (C=O) groups is 1. The van der Waals surface area contributed by atoms with E-state index in [4.69, 9.17) is 4.74 Å². The molecule has 1 heterocycles. The number of nitrogens with zero attached hydrogens (tertiary/aromatic N) is 3. The third kappa shape index (κ3) is 4.22. The second-order valence-electron chi connectivity index (χ2n) is 3.55. The van der Waals surface area contributed by atoms with Crippen molar-refractivity contribution in [3.63, 3.8) is 0 Å². The normalized spacial score (nSPS) is 10.9. The molecule has 1 aromatic rings. The SMILES string of the molecule is CN(C)CCOCCn1cncc1C=O. The topological polar surface area (TPSA) is 47.4 Å². The summed E-state index contributed by atoms with van der Waals surface area (Å²) >= 11 is 0. The summed E-state index contributed by atoms with van der Waals surface area (Å²) in [6, 6.07) is 0. The first-order valence-corrected chi connectivity index (χ1v) is 4.92. The zero-order valence-electron chi connectivity index (χ0n) is 9.22. The number of imidazole rings is 1. The van der Waals surface area contributed by atoms with E-state index in [1.807, 2.05) is 14.1 Å². The van der Waals surface area contributed by atoms with Crippen LogP contribution in [0.3, 0.4) is 0 Å². The van der Waals surface area contributed by atoms with Gasteiger partial charge in [0, 0.05) is 13.1 Å². The Kier molecular flexibility index (Phi) is 5.00. The molecule has 0 saturated carbocycles. The number of rotatable bonds is 7. The molecule has 0 radical (unpaired) electrons. The van der Waals surface area contributed by atoms with Crippen LogP contribution in [0, 0.1) is 0 Å². The van der Waals surface area contributed by atoms with Gasteiger partial charge in [0.2, 0.25) is 0 Å². The van der Waals surface area contributed by atoms with Crippen molar-refractivity contribution in [3.8, 4) is 0 Å². The Morgan fingerprint density at radius 1 is 1.53 bits per heavy atom. The minimum absolute atomic E-state index is 0.589. The molecule has 0 saturated heterocycles. The van der Waals surface area contributed by atoms with E-state index in [-0.39, 0.29) is 0 Å². The standard InChI is InChI=1S/C10H17N3O2/c1-12(2)3-5-15-6-4-13-9-11-7-10(13)8-14/h7-9H,3-6H2,1-2H3. The van der Waals surface area contributed by atoms with Gasteiger partial charge in [0.15, 0.2) is 6.29 Å². The number of aldehydes is 1. The van der Waals surface area contributed by atoms with Gasteiger partial charge in [0.1, 0.15) is 5.69 Å². The monoisotopic (exact) mass is 211 g/mol. The van der Waals surface area contributed by atoms with E-state index in [0.29, 0.717) is 25.5 Å². The third-order valence-electron chi connectivity index (χ3n) is 2.02. The quantitative estimate of drug-likeness (QED) is 0.480. The molecule has 1 rings (SSSR count). The molecule has 0 N–H and O–H groups in total. The number of carbonyl (C=O) groups excluding carboxylic acids is 1. The minimum Gasteiger partial charge on any atom is -0.378 e. The highest BCUT2D eigenvalue weighted by molar-refractivity contribution is 5.71. The molecule has 0 aliphatic carbocycles. The molecule has 5 nitrogen and oxygen atoms in total. The van der Waals surface area contributed by atoms with Crippen LogP contribution in [-0.2, 0) is 11.3 Å². The van der Waals surface area contributed by atoms with Gasteiger partial charge in [-0.25, -0.2) is 4.98 Å². The summed E-state index contributed by atoms with van der Waals surface area (Å²) in [6.07, 6.45) is 3.98. The van der Waals surface area contributed by atoms with Crippen molar-refractivity contribution >= 4 is 6.29 Å². The van der Waals surface area contributed by atoms with Crippen LogP contribution in [0.15, 0.2) is 12.5 Å². The molecule has 84 valence electrons. The van der Waals surface area contributed by atoms with Crippen molar-refractivity contribution in [2.45, 2.75) is 6.54 Å². The van der Waals surface area contributed by atoms with Crippen molar-refractivity contribution in [1.82, 2.24) is 14.5 Å². The fourth-order valence-electron chi connectivity index (χ4n) is 1.13. The number of hydrogen-bond acceptors (Lipinski definition) is 4. The van der Waals surface area contributed by atoms with E-state index in [9.17, 15) is 4.79 Å². The smallest absolute Gasteiger partial charge is 0.168 e. The molecule has 0 aliphatic heterocycles. The maximum Gasteiger partial charge on any atom is 0.168 e. The Morgan fingerprint density at radius 2 is 2.33 bits per heavy atom. The molecule has 15 heavy (non-hydrogen) atoms. The largest absolute Gasteiger partial charge is 0.378 e. The van der Waals surface area contributed by atoms with E-state index >= 15 is 0 Å². The average Bonchev–Trinajstić information content (AvgIpc) is 2.64. The first-order valence-electron chi connectivity index (χ1n) is 4.92. The summed E-state index contributed by atoms with van der Waals surface area (Å²) in [5.41, 5.74) is 0.589. The van der Waals surface area contributed by atoms with E-state index in [2.05, 4.69) is 9.88 Å². The Hall–Kier alpha value is -1.20. The fourth-order valence-corrected chi connectivity index (χ4v) is 1.13. The molecule has 0 amide bonds. The summed E-state index contributed by atoms with van der Waals surface area (Å²) in [7, 11) is 4.01. The van der Waals surface area contributed by atoms with Crippen molar-refractivity contribution in [3.05, 3.63) is 18.2 Å². The lowest BCUT2D eigenvalue weighted by Crippen LogP contribution is -2.19. The fraction of sp³-hybridized carbons (Fsp3) is 0.600. The van der Waals surface area contributed by atoms with Crippen LogP contribution in [0.4, 0.5) is 0 Å². The lowest BCUT2D eigenvalue weighted by atomic mass is 10.5.